The van der Waals surface area contributed by atoms with E-state index in [4.69, 9.17) is 28.7 Å². The molecule has 0 aromatic carbocycles. The van der Waals surface area contributed by atoms with Crippen LogP contribution in [0.4, 0.5) is 0 Å². The first kappa shape index (κ1) is 32.1. The number of nitrogens with one attached hydrogen (secondary N) is 2. The van der Waals surface area contributed by atoms with Gasteiger partial charge in [-0.2, -0.15) is 0 Å². The van der Waals surface area contributed by atoms with E-state index in [2.05, 4.69) is 15.6 Å². The van der Waals surface area contributed by atoms with Crippen LogP contribution in [0.1, 0.15) is 64.2 Å². The highest BCUT2D eigenvalue weighted by molar-refractivity contribution is 5.94. The van der Waals surface area contributed by atoms with Gasteiger partial charge in [-0.3, -0.25) is 19.4 Å². The number of rotatable bonds is 18. The van der Waals surface area contributed by atoms with Gasteiger partial charge in [-0.25, -0.2) is 4.79 Å². The number of hydrogen-bond acceptors (Lipinski definition) is 8. The number of aliphatic imine (C=N–C) groups is 1. The number of hydrogen-bond donors (Lipinski definition) is 8. The summed E-state index contributed by atoms with van der Waals surface area (Å²) in [6, 6.07) is -3.65. The second kappa shape index (κ2) is 17.5. The van der Waals surface area contributed by atoms with Crippen LogP contribution in [0.2, 0.25) is 0 Å². The van der Waals surface area contributed by atoms with Gasteiger partial charge in [-0.1, -0.05) is 0 Å². The summed E-state index contributed by atoms with van der Waals surface area (Å²) in [4.78, 5) is 56.0. The van der Waals surface area contributed by atoms with Gasteiger partial charge in [0.15, 0.2) is 5.96 Å². The number of nitrogens with two attached hydrogens (primary N) is 5. The van der Waals surface area contributed by atoms with Gasteiger partial charge >= 0.3 is 5.97 Å². The number of aliphatic carboxylic acids is 1. The summed E-state index contributed by atoms with van der Waals surface area (Å²) >= 11 is 0. The average Bonchev–Trinajstić information content (AvgIpc) is 3.35. The molecule has 3 amide bonds. The number of carboxylic acids is 1. The number of carbonyl (C=O) groups excluding carboxylic acids is 3. The van der Waals surface area contributed by atoms with Crippen molar-refractivity contribution in [3.05, 3.63) is 0 Å². The second-order valence-electron chi connectivity index (χ2n) is 9.27. The minimum atomic E-state index is -1.07. The van der Waals surface area contributed by atoms with Crippen LogP contribution in [0.15, 0.2) is 4.99 Å². The predicted molar refractivity (Wildman–Crippen MR) is 140 cm³/mol. The number of carbonyl (C=O) groups is 4. The standard InChI is InChI=1S/C23H45N9O5/c24-11-3-1-8-16(30-19(33)15(26)7-5-13-29-23(27)28)20(34)31-17(9-2-4-12-25)21(35)32-14-6-10-18(32)22(36)37/h15-18H,1-14,24-26H2,(H,30,33)(H,31,34)(H,36,37)(H4,27,28,29). The Morgan fingerprint density at radius 2 is 1.49 bits per heavy atom. The fraction of sp³-hybridized carbons (Fsp3) is 0.783. The van der Waals surface area contributed by atoms with Crippen LogP contribution >= 0.6 is 0 Å². The van der Waals surface area contributed by atoms with E-state index in [1.165, 1.54) is 4.90 Å². The molecular weight excluding hydrogens is 482 g/mol. The number of unbranched alkanes of at least 4 members (excludes halogenated alkanes) is 2. The van der Waals surface area contributed by atoms with Crippen molar-refractivity contribution in [2.45, 2.75) is 88.4 Å². The molecule has 0 saturated carbocycles. The van der Waals surface area contributed by atoms with Gasteiger partial charge in [0.1, 0.15) is 18.1 Å². The number of guanidine groups is 1. The van der Waals surface area contributed by atoms with E-state index in [9.17, 15) is 24.3 Å². The van der Waals surface area contributed by atoms with E-state index >= 15 is 0 Å². The molecule has 14 heteroatoms. The van der Waals surface area contributed by atoms with Gasteiger partial charge in [0.05, 0.1) is 6.04 Å². The highest BCUT2D eigenvalue weighted by Crippen LogP contribution is 2.20. The Bertz CT molecular complexity index is 776. The average molecular weight is 528 g/mol. The van der Waals surface area contributed by atoms with Gasteiger partial charge in [0, 0.05) is 13.1 Å². The zero-order chi connectivity index (χ0) is 27.8. The summed E-state index contributed by atoms with van der Waals surface area (Å²) in [5.41, 5.74) is 27.7. The minimum Gasteiger partial charge on any atom is -0.480 e. The SMILES string of the molecule is NCCCCC(NC(=O)C(N)CCCN=C(N)N)C(=O)NC(CCCCN)C(=O)N1CCCC1C(=O)O. The zero-order valence-corrected chi connectivity index (χ0v) is 21.6. The first-order valence-corrected chi connectivity index (χ1v) is 13.0. The molecular formula is C23H45N9O5. The molecule has 0 aliphatic carbocycles. The Hall–Kier alpha value is -2.97. The van der Waals surface area contributed by atoms with E-state index in [1.54, 1.807) is 0 Å². The first-order valence-electron chi connectivity index (χ1n) is 13.0. The summed E-state index contributed by atoms with van der Waals surface area (Å²) in [6.07, 6.45) is 4.79. The van der Waals surface area contributed by atoms with Crippen LogP contribution in [0, 0.1) is 0 Å². The molecule has 0 aromatic rings. The molecule has 1 heterocycles. The van der Waals surface area contributed by atoms with E-state index in [0.29, 0.717) is 90.4 Å². The zero-order valence-electron chi connectivity index (χ0n) is 21.6. The maximum absolute atomic E-state index is 13.3. The minimum absolute atomic E-state index is 0.0474. The molecule has 4 atom stereocenters. The van der Waals surface area contributed by atoms with Crippen LogP contribution in [-0.2, 0) is 19.2 Å². The molecule has 14 nitrogen and oxygen atoms in total. The summed E-state index contributed by atoms with van der Waals surface area (Å²) < 4.78 is 0. The van der Waals surface area contributed by atoms with Gasteiger partial charge in [0.2, 0.25) is 17.7 Å². The Kier molecular flexibility index (Phi) is 15.1. The van der Waals surface area contributed by atoms with Crippen LogP contribution in [0.25, 0.3) is 0 Å². The molecule has 1 fully saturated rings. The number of amides is 3. The van der Waals surface area contributed by atoms with Gasteiger partial charge in [0.25, 0.3) is 0 Å². The Morgan fingerprint density at radius 3 is 2.05 bits per heavy atom. The van der Waals surface area contributed by atoms with E-state index < -0.39 is 47.9 Å². The number of nitrogens with zero attached hydrogens (tertiary/aromatic N) is 2. The van der Waals surface area contributed by atoms with Crippen molar-refractivity contribution in [1.29, 1.82) is 0 Å². The molecule has 1 saturated heterocycles. The highest BCUT2D eigenvalue weighted by Gasteiger charge is 2.38. The number of carboxylic acid groups (broad SMARTS) is 1. The lowest BCUT2D eigenvalue weighted by Crippen LogP contribution is -2.57. The molecule has 13 N–H and O–H groups in total. The largest absolute Gasteiger partial charge is 0.480 e. The quantitative estimate of drug-likeness (QED) is 0.0535. The molecule has 1 aliphatic heterocycles. The van der Waals surface area contributed by atoms with Crippen LogP contribution in [-0.4, -0.2) is 90.0 Å². The van der Waals surface area contributed by atoms with Crippen LogP contribution in [0.3, 0.4) is 0 Å². The van der Waals surface area contributed by atoms with Crippen LogP contribution in [0.5, 0.6) is 0 Å². The molecule has 37 heavy (non-hydrogen) atoms. The van der Waals surface area contributed by atoms with E-state index in [0.717, 1.165) is 0 Å². The monoisotopic (exact) mass is 527 g/mol. The van der Waals surface area contributed by atoms with Crippen molar-refractivity contribution < 1.29 is 24.3 Å². The summed E-state index contributed by atoms with van der Waals surface area (Å²) in [5.74, 6) is -2.60. The lowest BCUT2D eigenvalue weighted by atomic mass is 10.0. The lowest BCUT2D eigenvalue weighted by Gasteiger charge is -2.29. The van der Waals surface area contributed by atoms with Crippen molar-refractivity contribution in [2.75, 3.05) is 26.2 Å². The fourth-order valence-electron chi connectivity index (χ4n) is 4.20. The van der Waals surface area contributed by atoms with Crippen molar-refractivity contribution in [1.82, 2.24) is 15.5 Å². The molecule has 4 unspecified atom stereocenters. The molecule has 0 aromatic heterocycles. The third-order valence-corrected chi connectivity index (χ3v) is 6.27. The molecule has 1 aliphatic rings. The topological polar surface area (TPSA) is 258 Å². The van der Waals surface area contributed by atoms with E-state index in [-0.39, 0.29) is 5.96 Å². The van der Waals surface area contributed by atoms with Crippen molar-refractivity contribution in [3.63, 3.8) is 0 Å². The Morgan fingerprint density at radius 1 is 0.892 bits per heavy atom. The summed E-state index contributed by atoms with van der Waals surface area (Å²) in [6.45, 7) is 1.49. The Labute approximate surface area is 218 Å². The van der Waals surface area contributed by atoms with Crippen LogP contribution < -0.4 is 39.3 Å². The third kappa shape index (κ3) is 11.7. The normalized spacial score (nSPS) is 17.5. The summed E-state index contributed by atoms with van der Waals surface area (Å²) in [5, 5.41) is 14.9. The predicted octanol–water partition coefficient (Wildman–Crippen LogP) is -2.33. The smallest absolute Gasteiger partial charge is 0.326 e. The first-order chi connectivity index (χ1) is 17.6. The molecule has 0 bridgehead atoms. The van der Waals surface area contributed by atoms with Crippen molar-refractivity contribution in [2.24, 2.45) is 33.7 Å². The third-order valence-electron chi connectivity index (χ3n) is 6.27. The molecule has 212 valence electrons. The molecule has 0 spiro atoms. The van der Waals surface area contributed by atoms with Gasteiger partial charge in [-0.15, -0.1) is 0 Å². The molecule has 0 radical (unpaired) electrons. The highest BCUT2D eigenvalue weighted by atomic mass is 16.4. The Balaban J connectivity index is 2.92. The second-order valence-corrected chi connectivity index (χ2v) is 9.27. The maximum atomic E-state index is 13.3. The van der Waals surface area contributed by atoms with Gasteiger partial charge < -0.3 is 49.3 Å². The number of likely N-dealkylation sites (tertiary alicyclic amines) is 1. The lowest BCUT2D eigenvalue weighted by molar-refractivity contribution is -0.149. The summed E-state index contributed by atoms with van der Waals surface area (Å²) in [7, 11) is 0. The molecule has 1 rings (SSSR count). The maximum Gasteiger partial charge on any atom is 0.326 e. The fourth-order valence-corrected chi connectivity index (χ4v) is 4.20. The van der Waals surface area contributed by atoms with Gasteiger partial charge in [-0.05, 0) is 77.3 Å². The van der Waals surface area contributed by atoms with Crippen molar-refractivity contribution >= 4 is 29.7 Å². The van der Waals surface area contributed by atoms with E-state index in [1.807, 2.05) is 0 Å². The van der Waals surface area contributed by atoms with Crippen molar-refractivity contribution in [3.8, 4) is 0 Å².